The van der Waals surface area contributed by atoms with Gasteiger partial charge < -0.3 is 10.5 Å². The summed E-state index contributed by atoms with van der Waals surface area (Å²) in [6.07, 6.45) is 1.78. The Hall–Kier alpha value is -2.26. The molecule has 1 heterocycles. The number of para-hydroxylation sites is 1. The molecule has 0 aliphatic heterocycles. The average Bonchev–Trinajstić information content (AvgIpc) is 2.48. The molecule has 1 aromatic heterocycles. The van der Waals surface area contributed by atoms with E-state index in [0.717, 1.165) is 16.5 Å². The van der Waals surface area contributed by atoms with Crippen LogP contribution in [0.25, 0.3) is 10.9 Å². The number of nitrogen functional groups attached to an aromatic ring is 1. The molecule has 0 radical (unpaired) electrons. The third kappa shape index (κ3) is 2.53. The van der Waals surface area contributed by atoms with Gasteiger partial charge in [-0.3, -0.25) is 4.98 Å². The van der Waals surface area contributed by atoms with Gasteiger partial charge in [0.05, 0.1) is 11.2 Å². The zero-order valence-corrected chi connectivity index (χ0v) is 11.5. The fourth-order valence-corrected chi connectivity index (χ4v) is 2.23. The molecule has 100 valence electrons. The summed E-state index contributed by atoms with van der Waals surface area (Å²) in [6, 6.07) is 15.2. The van der Waals surface area contributed by atoms with Crippen molar-refractivity contribution in [1.82, 2.24) is 4.98 Å². The largest absolute Gasteiger partial charge is 0.487 e. The van der Waals surface area contributed by atoms with Gasteiger partial charge in [0.15, 0.2) is 0 Å². The summed E-state index contributed by atoms with van der Waals surface area (Å²) in [5.74, 6) is 0.588. The average molecular weight is 285 g/mol. The van der Waals surface area contributed by atoms with E-state index in [9.17, 15) is 0 Å². The molecule has 2 aromatic carbocycles. The molecule has 0 saturated carbocycles. The van der Waals surface area contributed by atoms with Crippen molar-refractivity contribution in [2.45, 2.75) is 6.61 Å². The first-order valence-corrected chi connectivity index (χ1v) is 6.62. The number of hydrogen-bond donors (Lipinski definition) is 1. The Kier molecular flexibility index (Phi) is 3.44. The topological polar surface area (TPSA) is 48.1 Å². The highest BCUT2D eigenvalue weighted by atomic mass is 35.5. The Labute approximate surface area is 122 Å². The van der Waals surface area contributed by atoms with Crippen LogP contribution in [-0.4, -0.2) is 4.98 Å². The molecule has 2 N–H and O–H groups in total. The molecule has 0 bridgehead atoms. The quantitative estimate of drug-likeness (QED) is 0.738. The molecule has 0 spiro atoms. The fourth-order valence-electron chi connectivity index (χ4n) is 2.07. The maximum absolute atomic E-state index is 5.95. The highest BCUT2D eigenvalue weighted by Crippen LogP contribution is 2.27. The van der Waals surface area contributed by atoms with Gasteiger partial charge in [0.2, 0.25) is 0 Å². The number of nitrogens with two attached hydrogens (primary N) is 1. The minimum atomic E-state index is 0.402. The first-order chi connectivity index (χ1) is 9.74. The smallest absolute Gasteiger partial charge is 0.144 e. The predicted molar refractivity (Wildman–Crippen MR) is 81.9 cm³/mol. The van der Waals surface area contributed by atoms with Crippen LogP contribution in [0, 0.1) is 0 Å². The second-order valence-corrected chi connectivity index (χ2v) is 4.90. The molecule has 3 nitrogen and oxygen atoms in total. The number of hydrogen-bond acceptors (Lipinski definition) is 3. The van der Waals surface area contributed by atoms with Crippen LogP contribution in [0.4, 0.5) is 5.69 Å². The standard InChI is InChI=1S/C16H13ClN2O/c17-13-6-7-14(18)15(9-13)20-10-12-4-1-3-11-5-2-8-19-16(11)12/h1-9H,10,18H2. The molecule has 4 heteroatoms. The predicted octanol–water partition coefficient (Wildman–Crippen LogP) is 4.05. The molecule has 0 saturated heterocycles. The second-order valence-electron chi connectivity index (χ2n) is 4.46. The van der Waals surface area contributed by atoms with Crippen molar-refractivity contribution >= 4 is 28.2 Å². The zero-order chi connectivity index (χ0) is 13.9. The van der Waals surface area contributed by atoms with Crippen molar-refractivity contribution < 1.29 is 4.74 Å². The summed E-state index contributed by atoms with van der Waals surface area (Å²) in [6.45, 7) is 0.402. The maximum atomic E-state index is 5.95. The van der Waals surface area contributed by atoms with Crippen LogP contribution < -0.4 is 10.5 Å². The van der Waals surface area contributed by atoms with Crippen LogP contribution in [0.3, 0.4) is 0 Å². The van der Waals surface area contributed by atoms with Crippen LogP contribution in [0.5, 0.6) is 5.75 Å². The SMILES string of the molecule is Nc1ccc(Cl)cc1OCc1cccc2cccnc12. The third-order valence-electron chi connectivity index (χ3n) is 3.08. The second kappa shape index (κ2) is 5.39. The molecule has 0 aliphatic rings. The number of fused-ring (bicyclic) bond motifs is 1. The lowest BCUT2D eigenvalue weighted by atomic mass is 10.1. The summed E-state index contributed by atoms with van der Waals surface area (Å²) < 4.78 is 5.76. The Morgan fingerprint density at radius 3 is 2.85 bits per heavy atom. The van der Waals surface area contributed by atoms with Crippen molar-refractivity contribution in [2.75, 3.05) is 5.73 Å². The van der Waals surface area contributed by atoms with Crippen LogP contribution in [0.2, 0.25) is 5.02 Å². The van der Waals surface area contributed by atoms with E-state index in [-0.39, 0.29) is 0 Å². The van der Waals surface area contributed by atoms with E-state index in [0.29, 0.717) is 23.1 Å². The van der Waals surface area contributed by atoms with Crippen molar-refractivity contribution in [2.24, 2.45) is 0 Å². The van der Waals surface area contributed by atoms with Crippen LogP contribution in [-0.2, 0) is 6.61 Å². The van der Waals surface area contributed by atoms with E-state index < -0.39 is 0 Å². The normalized spacial score (nSPS) is 10.7. The van der Waals surface area contributed by atoms with Crippen molar-refractivity contribution in [3.8, 4) is 5.75 Å². The molecule has 3 rings (SSSR count). The van der Waals surface area contributed by atoms with Gasteiger partial charge in [-0.25, -0.2) is 0 Å². The lowest BCUT2D eigenvalue weighted by Crippen LogP contribution is -2.00. The summed E-state index contributed by atoms with van der Waals surface area (Å²) in [7, 11) is 0. The number of nitrogens with zero attached hydrogens (tertiary/aromatic N) is 1. The van der Waals surface area contributed by atoms with Gasteiger partial charge in [0.1, 0.15) is 12.4 Å². The maximum Gasteiger partial charge on any atom is 0.144 e. The first kappa shape index (κ1) is 12.8. The lowest BCUT2D eigenvalue weighted by molar-refractivity contribution is 0.309. The molecular weight excluding hydrogens is 272 g/mol. The molecule has 0 unspecified atom stereocenters. The van der Waals surface area contributed by atoms with E-state index >= 15 is 0 Å². The monoisotopic (exact) mass is 284 g/mol. The van der Waals surface area contributed by atoms with Crippen molar-refractivity contribution in [3.05, 3.63) is 65.3 Å². The zero-order valence-electron chi connectivity index (χ0n) is 10.7. The Morgan fingerprint density at radius 1 is 1.10 bits per heavy atom. The summed E-state index contributed by atoms with van der Waals surface area (Å²) in [5.41, 5.74) is 8.40. The Morgan fingerprint density at radius 2 is 1.95 bits per heavy atom. The third-order valence-corrected chi connectivity index (χ3v) is 3.31. The Bertz CT molecular complexity index is 753. The first-order valence-electron chi connectivity index (χ1n) is 6.24. The number of benzene rings is 2. The van der Waals surface area contributed by atoms with E-state index in [1.807, 2.05) is 30.3 Å². The number of ether oxygens (including phenoxy) is 1. The van der Waals surface area contributed by atoms with E-state index in [2.05, 4.69) is 4.98 Å². The van der Waals surface area contributed by atoms with Gasteiger partial charge in [0, 0.05) is 28.2 Å². The molecule has 0 amide bonds. The number of halogens is 1. The molecular formula is C16H13ClN2O. The van der Waals surface area contributed by atoms with Gasteiger partial charge in [-0.15, -0.1) is 0 Å². The van der Waals surface area contributed by atoms with Crippen LogP contribution >= 0.6 is 11.6 Å². The molecule has 0 fully saturated rings. The Balaban J connectivity index is 1.89. The highest BCUT2D eigenvalue weighted by molar-refractivity contribution is 6.30. The van der Waals surface area contributed by atoms with E-state index in [1.54, 1.807) is 24.4 Å². The summed E-state index contributed by atoms with van der Waals surface area (Å²) in [5, 5.41) is 1.69. The van der Waals surface area contributed by atoms with E-state index in [1.165, 1.54) is 0 Å². The minimum absolute atomic E-state index is 0.402. The number of rotatable bonds is 3. The molecule has 0 aliphatic carbocycles. The van der Waals surface area contributed by atoms with Crippen molar-refractivity contribution in [3.63, 3.8) is 0 Å². The lowest BCUT2D eigenvalue weighted by Gasteiger charge is -2.10. The molecule has 20 heavy (non-hydrogen) atoms. The minimum Gasteiger partial charge on any atom is -0.487 e. The molecule has 0 atom stereocenters. The van der Waals surface area contributed by atoms with Gasteiger partial charge in [-0.1, -0.05) is 35.9 Å². The van der Waals surface area contributed by atoms with Crippen molar-refractivity contribution in [1.29, 1.82) is 0 Å². The van der Waals surface area contributed by atoms with Gasteiger partial charge in [-0.05, 0) is 18.2 Å². The number of anilines is 1. The van der Waals surface area contributed by atoms with Crippen LogP contribution in [0.15, 0.2) is 54.7 Å². The fraction of sp³-hybridized carbons (Fsp3) is 0.0625. The van der Waals surface area contributed by atoms with Gasteiger partial charge >= 0.3 is 0 Å². The van der Waals surface area contributed by atoms with Gasteiger partial charge in [0.25, 0.3) is 0 Å². The van der Waals surface area contributed by atoms with E-state index in [4.69, 9.17) is 22.1 Å². The number of aromatic nitrogens is 1. The highest BCUT2D eigenvalue weighted by Gasteiger charge is 2.05. The summed E-state index contributed by atoms with van der Waals surface area (Å²) in [4.78, 5) is 4.40. The summed E-state index contributed by atoms with van der Waals surface area (Å²) >= 11 is 5.95. The molecule has 3 aromatic rings. The van der Waals surface area contributed by atoms with Gasteiger partial charge in [-0.2, -0.15) is 0 Å². The van der Waals surface area contributed by atoms with Crippen LogP contribution in [0.1, 0.15) is 5.56 Å². The number of pyridine rings is 1.